The maximum Gasteiger partial charge on any atom is 0.417 e. The predicted octanol–water partition coefficient (Wildman–Crippen LogP) is 2.73. The number of halogens is 3. The molecule has 0 bridgehead atoms. The zero-order chi connectivity index (χ0) is 22.3. The van der Waals surface area contributed by atoms with Crippen LogP contribution in [0.15, 0.2) is 36.5 Å². The van der Waals surface area contributed by atoms with Crippen molar-refractivity contribution in [3.05, 3.63) is 58.8 Å². The summed E-state index contributed by atoms with van der Waals surface area (Å²) in [6.07, 6.45) is -2.41. The van der Waals surface area contributed by atoms with Crippen LogP contribution in [0.1, 0.15) is 49.5 Å². The summed E-state index contributed by atoms with van der Waals surface area (Å²) in [6.45, 7) is 1.07. The number of fused-ring (bicyclic) bond motifs is 1. The molecule has 0 spiro atoms. The third-order valence-corrected chi connectivity index (χ3v) is 5.58. The fourth-order valence-electron chi connectivity index (χ4n) is 3.76. The van der Waals surface area contributed by atoms with Crippen LogP contribution in [-0.4, -0.2) is 53.8 Å². The zero-order valence-corrected chi connectivity index (χ0v) is 16.6. The summed E-state index contributed by atoms with van der Waals surface area (Å²) in [5.74, 6) is -0.712. The van der Waals surface area contributed by atoms with Crippen LogP contribution in [0.3, 0.4) is 0 Å². The Labute approximate surface area is 175 Å². The summed E-state index contributed by atoms with van der Waals surface area (Å²) in [5.41, 5.74) is -0.00842. The second-order valence-electron chi connectivity index (χ2n) is 7.57. The molecule has 1 fully saturated rings. The maximum absolute atomic E-state index is 12.7. The van der Waals surface area contributed by atoms with E-state index in [1.807, 2.05) is 4.90 Å². The molecule has 1 N–H and O–H groups in total. The van der Waals surface area contributed by atoms with Crippen molar-refractivity contribution in [2.75, 3.05) is 25.0 Å². The van der Waals surface area contributed by atoms with Gasteiger partial charge in [0.25, 0.3) is 17.7 Å². The molecule has 0 aliphatic carbocycles. The molecule has 0 radical (unpaired) electrons. The van der Waals surface area contributed by atoms with E-state index in [1.54, 1.807) is 0 Å². The molecule has 1 saturated heterocycles. The molecule has 0 atom stereocenters. The molecule has 3 heterocycles. The van der Waals surface area contributed by atoms with Crippen molar-refractivity contribution in [3.63, 3.8) is 0 Å². The molecule has 2 aromatic rings. The van der Waals surface area contributed by atoms with Crippen molar-refractivity contribution in [3.8, 4) is 0 Å². The van der Waals surface area contributed by atoms with E-state index in [1.165, 1.54) is 31.3 Å². The molecule has 162 valence electrons. The Hall–Kier alpha value is -3.43. The van der Waals surface area contributed by atoms with E-state index in [0.29, 0.717) is 37.3 Å². The molecular formula is C21H19F3N4O3. The number of piperidine rings is 1. The van der Waals surface area contributed by atoms with Crippen LogP contribution in [0.2, 0.25) is 0 Å². The van der Waals surface area contributed by atoms with Gasteiger partial charge in [0.2, 0.25) is 0 Å². The zero-order valence-electron chi connectivity index (χ0n) is 16.6. The Kier molecular flexibility index (Phi) is 5.16. The van der Waals surface area contributed by atoms with E-state index in [9.17, 15) is 27.6 Å². The highest BCUT2D eigenvalue weighted by atomic mass is 19.4. The predicted molar refractivity (Wildman–Crippen MR) is 105 cm³/mol. The number of imide groups is 1. The van der Waals surface area contributed by atoms with Crippen LogP contribution in [0.25, 0.3) is 0 Å². The van der Waals surface area contributed by atoms with Crippen LogP contribution < -0.4 is 10.2 Å². The summed E-state index contributed by atoms with van der Waals surface area (Å²) in [5, 5.41) is 2.92. The molecule has 0 saturated carbocycles. The number of nitrogens with zero attached hydrogens (tertiary/aromatic N) is 3. The number of carbonyl (C=O) groups excluding carboxylic acids is 3. The topological polar surface area (TPSA) is 82.6 Å². The average molecular weight is 432 g/mol. The first-order chi connectivity index (χ1) is 14.6. The van der Waals surface area contributed by atoms with Gasteiger partial charge in [-0.2, -0.15) is 13.2 Å². The number of rotatable bonds is 3. The quantitative estimate of drug-likeness (QED) is 0.755. The first-order valence-corrected chi connectivity index (χ1v) is 9.70. The Morgan fingerprint density at radius 1 is 1.06 bits per heavy atom. The van der Waals surface area contributed by atoms with Gasteiger partial charge in [-0.25, -0.2) is 4.98 Å². The van der Waals surface area contributed by atoms with Crippen molar-refractivity contribution >= 4 is 23.5 Å². The first-order valence-electron chi connectivity index (χ1n) is 9.70. The Balaban J connectivity index is 1.36. The number of aromatic nitrogens is 1. The number of alkyl halides is 3. The van der Waals surface area contributed by atoms with Gasteiger partial charge < -0.3 is 10.2 Å². The van der Waals surface area contributed by atoms with Gasteiger partial charge in [0.15, 0.2) is 0 Å². The van der Waals surface area contributed by atoms with E-state index in [4.69, 9.17) is 0 Å². The number of pyridine rings is 1. The van der Waals surface area contributed by atoms with Gasteiger partial charge in [-0.1, -0.05) is 0 Å². The molecule has 2 aliphatic heterocycles. The number of carbonyl (C=O) groups is 3. The lowest BCUT2D eigenvalue weighted by Crippen LogP contribution is -2.45. The van der Waals surface area contributed by atoms with Crippen molar-refractivity contribution in [1.82, 2.24) is 15.2 Å². The molecule has 10 heteroatoms. The molecule has 7 nitrogen and oxygen atoms in total. The van der Waals surface area contributed by atoms with Gasteiger partial charge >= 0.3 is 6.18 Å². The van der Waals surface area contributed by atoms with Crippen molar-refractivity contribution in [2.24, 2.45) is 0 Å². The number of nitrogens with one attached hydrogen (secondary N) is 1. The van der Waals surface area contributed by atoms with E-state index in [-0.39, 0.29) is 23.1 Å². The largest absolute Gasteiger partial charge is 0.417 e. The number of hydrogen-bond donors (Lipinski definition) is 1. The summed E-state index contributed by atoms with van der Waals surface area (Å²) in [4.78, 5) is 43.5. The highest BCUT2D eigenvalue weighted by molar-refractivity contribution is 6.21. The summed E-state index contributed by atoms with van der Waals surface area (Å²) in [6, 6.07) is 6.66. The monoisotopic (exact) mass is 432 g/mol. The molecule has 1 aromatic carbocycles. The Bertz CT molecular complexity index is 1040. The minimum atomic E-state index is -4.42. The van der Waals surface area contributed by atoms with Gasteiger partial charge in [-0.05, 0) is 43.2 Å². The lowest BCUT2D eigenvalue weighted by atomic mass is 10.0. The molecule has 31 heavy (non-hydrogen) atoms. The molecule has 4 rings (SSSR count). The molecular weight excluding hydrogens is 413 g/mol. The van der Waals surface area contributed by atoms with E-state index < -0.39 is 23.6 Å². The van der Waals surface area contributed by atoms with Gasteiger partial charge in [-0.3, -0.25) is 19.3 Å². The van der Waals surface area contributed by atoms with Crippen molar-refractivity contribution in [2.45, 2.75) is 25.1 Å². The normalized spacial score (nSPS) is 17.2. The fraction of sp³-hybridized carbons (Fsp3) is 0.333. The minimum absolute atomic E-state index is 0.119. The van der Waals surface area contributed by atoms with Crippen molar-refractivity contribution in [1.29, 1.82) is 0 Å². The molecule has 3 amide bonds. The number of hydrogen-bond acceptors (Lipinski definition) is 5. The second kappa shape index (κ2) is 7.68. The first kappa shape index (κ1) is 20.8. The van der Waals surface area contributed by atoms with Crippen LogP contribution in [0, 0.1) is 0 Å². The van der Waals surface area contributed by atoms with E-state index >= 15 is 0 Å². The number of benzene rings is 1. The Morgan fingerprint density at radius 3 is 2.35 bits per heavy atom. The molecule has 2 aliphatic rings. The van der Waals surface area contributed by atoms with Crippen LogP contribution in [0.5, 0.6) is 0 Å². The van der Waals surface area contributed by atoms with Gasteiger partial charge in [0.1, 0.15) is 5.82 Å². The third kappa shape index (κ3) is 3.97. The number of anilines is 1. The highest BCUT2D eigenvalue weighted by Crippen LogP contribution is 2.30. The van der Waals surface area contributed by atoms with Gasteiger partial charge in [0.05, 0.1) is 16.7 Å². The number of amides is 3. The third-order valence-electron chi connectivity index (χ3n) is 5.58. The standard InChI is InChI=1S/C21H19F3N4O3/c1-27-19(30)15-4-2-12(10-16(15)20(27)31)18(29)26-14-6-8-28(9-7-14)17-5-3-13(11-25-17)21(22,23)24/h2-5,10-11,14H,6-9H2,1H3,(H,26,29). The van der Waals surface area contributed by atoms with Crippen LogP contribution >= 0.6 is 0 Å². The lowest BCUT2D eigenvalue weighted by Gasteiger charge is -2.33. The van der Waals surface area contributed by atoms with Crippen LogP contribution in [0.4, 0.5) is 19.0 Å². The molecule has 0 unspecified atom stereocenters. The van der Waals surface area contributed by atoms with E-state index in [0.717, 1.165) is 17.2 Å². The highest BCUT2D eigenvalue weighted by Gasteiger charge is 2.34. The maximum atomic E-state index is 12.7. The van der Waals surface area contributed by atoms with Crippen LogP contribution in [-0.2, 0) is 6.18 Å². The fourth-order valence-corrected chi connectivity index (χ4v) is 3.76. The van der Waals surface area contributed by atoms with Gasteiger partial charge in [0, 0.05) is 37.9 Å². The summed E-state index contributed by atoms with van der Waals surface area (Å²) < 4.78 is 38.0. The second-order valence-corrected chi connectivity index (χ2v) is 7.57. The molecule has 1 aromatic heterocycles. The Morgan fingerprint density at radius 2 is 1.74 bits per heavy atom. The summed E-state index contributed by atoms with van der Waals surface area (Å²) >= 11 is 0. The lowest BCUT2D eigenvalue weighted by molar-refractivity contribution is -0.137. The smallest absolute Gasteiger partial charge is 0.356 e. The average Bonchev–Trinajstić information content (AvgIpc) is 2.97. The summed E-state index contributed by atoms with van der Waals surface area (Å²) in [7, 11) is 1.39. The minimum Gasteiger partial charge on any atom is -0.356 e. The van der Waals surface area contributed by atoms with Gasteiger partial charge in [-0.15, -0.1) is 0 Å². The SMILES string of the molecule is CN1C(=O)c2ccc(C(=O)NC3CCN(c4ccc(C(F)(F)F)cn4)CC3)cc2C1=O. The van der Waals surface area contributed by atoms with E-state index in [2.05, 4.69) is 10.3 Å². The van der Waals surface area contributed by atoms with Crippen molar-refractivity contribution < 1.29 is 27.6 Å².